The highest BCUT2D eigenvalue weighted by molar-refractivity contribution is 5.83. The zero-order chi connectivity index (χ0) is 17.6. The second-order valence-electron chi connectivity index (χ2n) is 6.29. The van der Waals surface area contributed by atoms with Gasteiger partial charge in [-0.25, -0.2) is 4.79 Å². The maximum atomic E-state index is 12.8. The molecule has 1 aromatic carbocycles. The van der Waals surface area contributed by atoms with Gasteiger partial charge in [0, 0.05) is 19.7 Å². The monoisotopic (exact) mass is 348 g/mol. The molecule has 1 aromatic rings. The van der Waals surface area contributed by atoms with Crippen molar-refractivity contribution in [2.24, 2.45) is 0 Å². The zero-order valence-corrected chi connectivity index (χ0v) is 14.5. The van der Waals surface area contributed by atoms with E-state index >= 15 is 0 Å². The van der Waals surface area contributed by atoms with E-state index in [0.29, 0.717) is 26.2 Å². The van der Waals surface area contributed by atoms with Gasteiger partial charge >= 0.3 is 6.09 Å². The van der Waals surface area contributed by atoms with E-state index in [0.717, 1.165) is 30.8 Å². The Hall–Kier alpha value is -2.28. The first-order valence-electron chi connectivity index (χ1n) is 8.59. The minimum atomic E-state index is -0.421. The number of nitrogens with zero attached hydrogens (tertiary/aromatic N) is 2. The number of cyclic esters (lactones) is 1. The molecule has 2 aliphatic heterocycles. The predicted molar refractivity (Wildman–Crippen MR) is 90.3 cm³/mol. The van der Waals surface area contributed by atoms with Crippen LogP contribution < -0.4 is 4.74 Å². The van der Waals surface area contributed by atoms with Crippen molar-refractivity contribution in [3.05, 3.63) is 29.8 Å². The Kier molecular flexibility index (Phi) is 5.75. The van der Waals surface area contributed by atoms with Crippen molar-refractivity contribution in [3.63, 3.8) is 0 Å². The topological polar surface area (TPSA) is 68.3 Å². The lowest BCUT2D eigenvalue weighted by Gasteiger charge is -2.27. The van der Waals surface area contributed by atoms with Gasteiger partial charge in [0.05, 0.1) is 19.8 Å². The fourth-order valence-corrected chi connectivity index (χ4v) is 3.07. The van der Waals surface area contributed by atoms with Crippen LogP contribution in [0.5, 0.6) is 5.75 Å². The van der Waals surface area contributed by atoms with E-state index in [4.69, 9.17) is 14.2 Å². The molecular formula is C18H24N2O5. The molecule has 0 N–H and O–H groups in total. The standard InChI is InChI=1S/C18H24N2O5/c1-23-15-6-4-14(5-7-15)11-20(12-16-3-2-9-24-16)17(21)13-19-8-10-25-18(19)22/h4-7,16H,2-3,8-13H2,1H3/t16-/m1/s1. The SMILES string of the molecule is COc1ccc(CN(C[C@H]2CCCO2)C(=O)CN2CCOC2=O)cc1. The van der Waals surface area contributed by atoms with Gasteiger partial charge in [0.2, 0.25) is 5.91 Å². The second-order valence-corrected chi connectivity index (χ2v) is 6.29. The molecule has 0 radical (unpaired) electrons. The Morgan fingerprint density at radius 2 is 2.12 bits per heavy atom. The van der Waals surface area contributed by atoms with Gasteiger partial charge in [0.1, 0.15) is 18.9 Å². The van der Waals surface area contributed by atoms with Crippen molar-refractivity contribution in [2.75, 3.05) is 40.0 Å². The summed E-state index contributed by atoms with van der Waals surface area (Å²) in [6, 6.07) is 7.64. The third-order valence-electron chi connectivity index (χ3n) is 4.50. The number of carbonyl (C=O) groups is 2. The molecule has 2 amide bonds. The Bertz CT molecular complexity index is 598. The van der Waals surface area contributed by atoms with Crippen LogP contribution in [0.3, 0.4) is 0 Å². The highest BCUT2D eigenvalue weighted by atomic mass is 16.6. The van der Waals surface area contributed by atoms with Gasteiger partial charge in [-0.05, 0) is 30.5 Å². The third-order valence-corrected chi connectivity index (χ3v) is 4.50. The van der Waals surface area contributed by atoms with Crippen molar-refractivity contribution in [1.82, 2.24) is 9.80 Å². The normalized spacial score (nSPS) is 19.8. The van der Waals surface area contributed by atoms with Crippen LogP contribution >= 0.6 is 0 Å². The van der Waals surface area contributed by atoms with Gasteiger partial charge in [-0.15, -0.1) is 0 Å². The quantitative estimate of drug-likeness (QED) is 0.750. The maximum absolute atomic E-state index is 12.8. The Labute approximate surface area is 147 Å². The zero-order valence-electron chi connectivity index (χ0n) is 14.5. The van der Waals surface area contributed by atoms with Gasteiger partial charge in [-0.3, -0.25) is 9.69 Å². The van der Waals surface area contributed by atoms with Gasteiger partial charge in [0.25, 0.3) is 0 Å². The van der Waals surface area contributed by atoms with Crippen LogP contribution in [-0.2, 0) is 20.8 Å². The van der Waals surface area contributed by atoms with E-state index in [2.05, 4.69) is 0 Å². The van der Waals surface area contributed by atoms with E-state index in [-0.39, 0.29) is 18.6 Å². The number of carbonyl (C=O) groups excluding carboxylic acids is 2. The Morgan fingerprint density at radius 3 is 2.72 bits per heavy atom. The molecule has 0 aromatic heterocycles. The molecule has 25 heavy (non-hydrogen) atoms. The van der Waals surface area contributed by atoms with Crippen LogP contribution in [0.25, 0.3) is 0 Å². The summed E-state index contributed by atoms with van der Waals surface area (Å²) < 4.78 is 15.8. The average molecular weight is 348 g/mol. The number of hydrogen-bond acceptors (Lipinski definition) is 5. The molecule has 0 bridgehead atoms. The molecule has 2 saturated heterocycles. The summed E-state index contributed by atoms with van der Waals surface area (Å²) >= 11 is 0. The molecule has 1 atom stereocenters. The summed E-state index contributed by atoms with van der Waals surface area (Å²) in [5.74, 6) is 0.686. The van der Waals surface area contributed by atoms with Crippen LogP contribution in [0.4, 0.5) is 4.79 Å². The van der Waals surface area contributed by atoms with E-state index < -0.39 is 6.09 Å². The number of benzene rings is 1. The molecule has 136 valence electrons. The lowest BCUT2D eigenvalue weighted by atomic mass is 10.1. The van der Waals surface area contributed by atoms with E-state index in [1.54, 1.807) is 12.0 Å². The van der Waals surface area contributed by atoms with Crippen LogP contribution in [0.2, 0.25) is 0 Å². The molecule has 0 unspecified atom stereocenters. The molecule has 7 heteroatoms. The van der Waals surface area contributed by atoms with Gasteiger partial charge in [0.15, 0.2) is 0 Å². The highest BCUT2D eigenvalue weighted by Gasteiger charge is 2.28. The second kappa shape index (κ2) is 8.20. The van der Waals surface area contributed by atoms with Gasteiger partial charge in [-0.1, -0.05) is 12.1 Å². The fraction of sp³-hybridized carbons (Fsp3) is 0.556. The van der Waals surface area contributed by atoms with Gasteiger partial charge < -0.3 is 19.1 Å². The third kappa shape index (κ3) is 4.63. The van der Waals surface area contributed by atoms with Crippen LogP contribution in [0.15, 0.2) is 24.3 Å². The first-order valence-corrected chi connectivity index (χ1v) is 8.59. The summed E-state index contributed by atoms with van der Waals surface area (Å²) in [6.45, 7) is 2.60. The molecule has 7 nitrogen and oxygen atoms in total. The first kappa shape index (κ1) is 17.5. The Balaban J connectivity index is 1.66. The summed E-state index contributed by atoms with van der Waals surface area (Å²) in [4.78, 5) is 27.6. The summed E-state index contributed by atoms with van der Waals surface area (Å²) in [5, 5.41) is 0. The molecule has 3 rings (SSSR count). The molecule has 0 saturated carbocycles. The molecule has 0 aliphatic carbocycles. The lowest BCUT2D eigenvalue weighted by Crippen LogP contribution is -2.43. The van der Waals surface area contributed by atoms with Crippen molar-refractivity contribution in [3.8, 4) is 5.75 Å². The number of amides is 2. The van der Waals surface area contributed by atoms with Crippen molar-refractivity contribution < 1.29 is 23.8 Å². The fourth-order valence-electron chi connectivity index (χ4n) is 3.07. The minimum absolute atomic E-state index is 0.0434. The van der Waals surface area contributed by atoms with E-state index in [1.807, 2.05) is 24.3 Å². The molecule has 2 fully saturated rings. The minimum Gasteiger partial charge on any atom is -0.497 e. The maximum Gasteiger partial charge on any atom is 0.410 e. The number of ether oxygens (including phenoxy) is 3. The molecular weight excluding hydrogens is 324 g/mol. The summed E-state index contributed by atoms with van der Waals surface area (Å²) in [6.07, 6.45) is 1.62. The predicted octanol–water partition coefficient (Wildman–Crippen LogP) is 1.66. The van der Waals surface area contributed by atoms with Crippen molar-refractivity contribution in [1.29, 1.82) is 0 Å². The van der Waals surface area contributed by atoms with E-state index in [1.165, 1.54) is 4.90 Å². The van der Waals surface area contributed by atoms with E-state index in [9.17, 15) is 9.59 Å². The summed E-state index contributed by atoms with van der Waals surface area (Å²) in [7, 11) is 1.62. The highest BCUT2D eigenvalue weighted by Crippen LogP contribution is 2.18. The lowest BCUT2D eigenvalue weighted by molar-refractivity contribution is -0.134. The van der Waals surface area contributed by atoms with Gasteiger partial charge in [-0.2, -0.15) is 0 Å². The van der Waals surface area contributed by atoms with Crippen LogP contribution in [0, 0.1) is 0 Å². The Morgan fingerprint density at radius 1 is 1.32 bits per heavy atom. The molecule has 0 spiro atoms. The largest absolute Gasteiger partial charge is 0.497 e. The van der Waals surface area contributed by atoms with Crippen LogP contribution in [0.1, 0.15) is 18.4 Å². The first-order chi connectivity index (χ1) is 12.2. The molecule has 2 heterocycles. The summed E-state index contributed by atoms with van der Waals surface area (Å²) in [5.41, 5.74) is 1.01. The number of hydrogen-bond donors (Lipinski definition) is 0. The van der Waals surface area contributed by atoms with Crippen LogP contribution in [-0.4, -0.2) is 67.9 Å². The van der Waals surface area contributed by atoms with Crippen molar-refractivity contribution in [2.45, 2.75) is 25.5 Å². The molecule has 2 aliphatic rings. The van der Waals surface area contributed by atoms with Crippen molar-refractivity contribution >= 4 is 12.0 Å². The average Bonchev–Trinajstić information content (AvgIpc) is 3.27. The number of methoxy groups -OCH3 is 1. The smallest absolute Gasteiger partial charge is 0.410 e. The number of rotatable bonds is 7.